The fraction of sp³-hybridized carbons (Fsp3) is 0.316. The van der Waals surface area contributed by atoms with E-state index in [9.17, 15) is 22.4 Å². The number of carbonyl (C=O) groups is 1. The van der Waals surface area contributed by atoms with Crippen LogP contribution in [0.15, 0.2) is 23.2 Å². The quantitative estimate of drug-likeness (QED) is 0.378. The normalized spacial score (nSPS) is 10.6. The van der Waals surface area contributed by atoms with Gasteiger partial charge in [-0.25, -0.2) is 22.5 Å². The molecule has 0 aliphatic rings. The lowest BCUT2D eigenvalue weighted by atomic mass is 10.2. The van der Waals surface area contributed by atoms with Crippen molar-refractivity contribution in [3.8, 4) is 6.07 Å². The summed E-state index contributed by atoms with van der Waals surface area (Å²) in [5.41, 5.74) is 0.0204. The minimum absolute atomic E-state index is 0.0663. The molecule has 0 bridgehead atoms. The molecule has 9 heteroatoms. The van der Waals surface area contributed by atoms with Crippen LogP contribution in [-0.2, 0) is 11.2 Å². The molecule has 0 saturated carbocycles. The third kappa shape index (κ3) is 5.45. The SMILES string of the molecule is CCCCc1ccc(C#N)c(SCCC(=O)Nc2c(F)c(F)cc(F)c2F)n1. The molecule has 1 aromatic heterocycles. The predicted molar refractivity (Wildman–Crippen MR) is 97.8 cm³/mol. The molecule has 2 aromatic rings. The van der Waals surface area contributed by atoms with Crippen LogP contribution in [0.4, 0.5) is 23.2 Å². The summed E-state index contributed by atoms with van der Waals surface area (Å²) in [5.74, 6) is -7.21. The molecule has 4 nitrogen and oxygen atoms in total. The molecule has 1 heterocycles. The van der Waals surface area contributed by atoms with E-state index in [1.807, 2.05) is 18.3 Å². The maximum Gasteiger partial charge on any atom is 0.225 e. The van der Waals surface area contributed by atoms with Gasteiger partial charge in [-0.15, -0.1) is 11.8 Å². The van der Waals surface area contributed by atoms with Crippen molar-refractivity contribution in [1.29, 1.82) is 5.26 Å². The highest BCUT2D eigenvalue weighted by Crippen LogP contribution is 2.25. The second-order valence-corrected chi connectivity index (χ2v) is 6.94. The van der Waals surface area contributed by atoms with Crippen LogP contribution in [0.1, 0.15) is 37.4 Å². The van der Waals surface area contributed by atoms with Crippen LogP contribution < -0.4 is 5.32 Å². The number of nitrogens with one attached hydrogen (secondary N) is 1. The van der Waals surface area contributed by atoms with Crippen molar-refractivity contribution in [2.24, 2.45) is 0 Å². The number of halogens is 4. The van der Waals surface area contributed by atoms with Gasteiger partial charge in [0.25, 0.3) is 0 Å². The highest BCUT2D eigenvalue weighted by Gasteiger charge is 2.20. The number of carbonyl (C=O) groups excluding carboxylic acids is 1. The molecule has 2 rings (SSSR count). The highest BCUT2D eigenvalue weighted by atomic mass is 32.2. The van der Waals surface area contributed by atoms with Crippen LogP contribution in [0.3, 0.4) is 0 Å². The molecule has 1 N–H and O–H groups in total. The second-order valence-electron chi connectivity index (χ2n) is 5.86. The topological polar surface area (TPSA) is 65.8 Å². The largest absolute Gasteiger partial charge is 0.321 e. The molecular formula is C19H17F4N3OS. The standard InChI is InChI=1S/C19H17F4N3OS/c1-2-3-4-12-6-5-11(10-24)19(25-12)28-8-7-15(27)26-18-16(22)13(20)9-14(21)17(18)23/h5-6,9H,2-4,7-8H2,1H3,(H,26,27). The van der Waals surface area contributed by atoms with Crippen molar-refractivity contribution in [3.63, 3.8) is 0 Å². The van der Waals surface area contributed by atoms with Crippen molar-refractivity contribution in [3.05, 3.63) is 52.7 Å². The van der Waals surface area contributed by atoms with Crippen molar-refractivity contribution < 1.29 is 22.4 Å². The summed E-state index contributed by atoms with van der Waals surface area (Å²) in [6, 6.07) is 5.51. The molecule has 0 unspecified atom stereocenters. The monoisotopic (exact) mass is 411 g/mol. The molecule has 0 saturated heterocycles. The van der Waals surface area contributed by atoms with E-state index in [1.54, 1.807) is 12.1 Å². The van der Waals surface area contributed by atoms with Crippen LogP contribution in [0.5, 0.6) is 0 Å². The Bertz CT molecular complexity index is 889. The number of nitrogens with zero attached hydrogens (tertiary/aromatic N) is 2. The van der Waals surface area contributed by atoms with Gasteiger partial charge in [-0.1, -0.05) is 13.3 Å². The lowest BCUT2D eigenvalue weighted by Crippen LogP contribution is -2.16. The number of aromatic nitrogens is 1. The summed E-state index contributed by atoms with van der Waals surface area (Å²) in [6.45, 7) is 2.05. The zero-order valence-electron chi connectivity index (χ0n) is 15.0. The second kappa shape index (κ2) is 10.1. The van der Waals surface area contributed by atoms with Crippen molar-refractivity contribution in [2.45, 2.75) is 37.6 Å². The summed E-state index contributed by atoms with van der Waals surface area (Å²) in [5, 5.41) is 11.5. The van der Waals surface area contributed by atoms with Crippen molar-refractivity contribution in [1.82, 2.24) is 4.98 Å². The molecule has 0 radical (unpaired) electrons. The average Bonchev–Trinajstić information content (AvgIpc) is 2.68. The zero-order chi connectivity index (χ0) is 20.7. The van der Waals surface area contributed by atoms with E-state index in [-0.39, 0.29) is 18.2 Å². The Morgan fingerprint density at radius 1 is 1.21 bits per heavy atom. The molecular weight excluding hydrogens is 394 g/mol. The van der Waals surface area contributed by atoms with E-state index >= 15 is 0 Å². The van der Waals surface area contributed by atoms with Gasteiger partial charge in [-0.2, -0.15) is 5.26 Å². The molecule has 0 aliphatic heterocycles. The number of aryl methyl sites for hydroxylation is 1. The summed E-state index contributed by atoms with van der Waals surface area (Å²) in [4.78, 5) is 16.3. The smallest absolute Gasteiger partial charge is 0.225 e. The first kappa shape index (κ1) is 21.7. The number of pyridine rings is 1. The number of rotatable bonds is 8. The van der Waals surface area contributed by atoms with Crippen LogP contribution in [0.2, 0.25) is 0 Å². The minimum Gasteiger partial charge on any atom is -0.321 e. The molecule has 1 aromatic carbocycles. The van der Waals surface area contributed by atoms with Gasteiger partial charge in [0, 0.05) is 23.9 Å². The van der Waals surface area contributed by atoms with Gasteiger partial charge in [0.2, 0.25) is 5.91 Å². The maximum atomic E-state index is 13.6. The Balaban J connectivity index is 2.00. The molecule has 0 spiro atoms. The number of hydrogen-bond acceptors (Lipinski definition) is 4. The molecule has 0 fully saturated rings. The Kier molecular flexibility index (Phi) is 7.81. The van der Waals surface area contributed by atoms with E-state index < -0.39 is 34.9 Å². The number of unbranched alkanes of at least 4 members (excludes halogenated alkanes) is 1. The number of thioether (sulfide) groups is 1. The van der Waals surface area contributed by atoms with Crippen molar-refractivity contribution in [2.75, 3.05) is 11.1 Å². The first-order valence-corrected chi connectivity index (χ1v) is 9.51. The molecule has 148 valence electrons. The predicted octanol–water partition coefficient (Wildman–Crippen LogP) is 4.97. The highest BCUT2D eigenvalue weighted by molar-refractivity contribution is 7.99. The summed E-state index contributed by atoms with van der Waals surface area (Å²) in [6.07, 6.45) is 2.51. The Labute approximate surface area is 164 Å². The summed E-state index contributed by atoms with van der Waals surface area (Å²) >= 11 is 1.14. The molecule has 28 heavy (non-hydrogen) atoms. The van der Waals surface area contributed by atoms with E-state index in [4.69, 9.17) is 5.26 Å². The Morgan fingerprint density at radius 3 is 2.50 bits per heavy atom. The van der Waals surface area contributed by atoms with Gasteiger partial charge in [-0.3, -0.25) is 4.79 Å². The molecule has 0 aliphatic carbocycles. The van der Waals surface area contributed by atoms with E-state index in [0.29, 0.717) is 10.6 Å². The first-order valence-electron chi connectivity index (χ1n) is 8.53. The molecule has 0 atom stereocenters. The number of hydrogen-bond donors (Lipinski definition) is 1. The lowest BCUT2D eigenvalue weighted by molar-refractivity contribution is -0.115. The maximum absolute atomic E-state index is 13.6. The van der Waals surface area contributed by atoms with Gasteiger partial charge in [0.1, 0.15) is 16.8 Å². The third-order valence-electron chi connectivity index (χ3n) is 3.77. The van der Waals surface area contributed by atoms with Crippen LogP contribution in [-0.4, -0.2) is 16.6 Å². The Morgan fingerprint density at radius 2 is 1.89 bits per heavy atom. The summed E-state index contributed by atoms with van der Waals surface area (Å²) in [7, 11) is 0. The average molecular weight is 411 g/mol. The zero-order valence-corrected chi connectivity index (χ0v) is 15.8. The van der Waals surface area contributed by atoms with Gasteiger partial charge in [0.05, 0.1) is 5.56 Å². The van der Waals surface area contributed by atoms with Gasteiger partial charge >= 0.3 is 0 Å². The van der Waals surface area contributed by atoms with Crippen LogP contribution >= 0.6 is 11.8 Å². The Hall–Kier alpha value is -2.60. The molecule has 1 amide bonds. The number of anilines is 1. The minimum atomic E-state index is -1.67. The first-order chi connectivity index (χ1) is 13.4. The van der Waals surface area contributed by atoms with Gasteiger partial charge in [-0.05, 0) is 25.0 Å². The van der Waals surface area contributed by atoms with Gasteiger partial charge in [0.15, 0.2) is 23.3 Å². The van der Waals surface area contributed by atoms with E-state index in [1.165, 1.54) is 0 Å². The summed E-state index contributed by atoms with van der Waals surface area (Å²) < 4.78 is 53.5. The van der Waals surface area contributed by atoms with Gasteiger partial charge < -0.3 is 5.32 Å². The number of benzene rings is 1. The number of amides is 1. The fourth-order valence-electron chi connectivity index (χ4n) is 2.30. The fourth-order valence-corrected chi connectivity index (χ4v) is 3.23. The van der Waals surface area contributed by atoms with Crippen LogP contribution in [0, 0.1) is 34.6 Å². The van der Waals surface area contributed by atoms with E-state index in [2.05, 4.69) is 4.98 Å². The van der Waals surface area contributed by atoms with E-state index in [0.717, 1.165) is 36.7 Å². The number of nitriles is 1. The van der Waals surface area contributed by atoms with Crippen LogP contribution in [0.25, 0.3) is 0 Å². The third-order valence-corrected chi connectivity index (χ3v) is 4.76. The lowest BCUT2D eigenvalue weighted by Gasteiger charge is -2.09. The van der Waals surface area contributed by atoms with Crippen molar-refractivity contribution >= 4 is 23.4 Å².